The van der Waals surface area contributed by atoms with E-state index >= 15 is 0 Å². The molecule has 0 spiro atoms. The molecule has 0 rings (SSSR count). The molecule has 0 aromatic carbocycles. The lowest BCUT2D eigenvalue weighted by molar-refractivity contribution is -0.147. The topological polar surface area (TPSA) is 26.3 Å². The molecule has 0 bridgehead atoms. The molecule has 0 aliphatic rings. The van der Waals surface area contributed by atoms with Gasteiger partial charge in [-0.25, -0.2) is 0 Å². The van der Waals surface area contributed by atoms with Crippen LogP contribution < -0.4 is 0 Å². The van der Waals surface area contributed by atoms with Crippen LogP contribution in [-0.4, -0.2) is 12.6 Å². The van der Waals surface area contributed by atoms with E-state index < -0.39 is 0 Å². The molecule has 0 fully saturated rings. The lowest BCUT2D eigenvalue weighted by Gasteiger charge is -2.29. The van der Waals surface area contributed by atoms with Crippen molar-refractivity contribution in [1.82, 2.24) is 0 Å². The first-order valence-corrected chi connectivity index (χ1v) is 14.2. The minimum Gasteiger partial charge on any atom is -0.465 e. The second-order valence-corrected chi connectivity index (χ2v) is 10.4. The van der Waals surface area contributed by atoms with E-state index in [0.29, 0.717) is 13.0 Å². The van der Waals surface area contributed by atoms with Gasteiger partial charge in [0, 0.05) is 11.8 Å². The highest BCUT2D eigenvalue weighted by atomic mass is 16.5. The quantitative estimate of drug-likeness (QED) is 0.111. The highest BCUT2D eigenvalue weighted by molar-refractivity contribution is 5.69. The zero-order valence-corrected chi connectivity index (χ0v) is 22.1. The van der Waals surface area contributed by atoms with E-state index in [9.17, 15) is 4.79 Å². The van der Waals surface area contributed by atoms with Gasteiger partial charge in [-0.15, -0.1) is 0 Å². The maximum Gasteiger partial charge on any atom is 0.305 e. The minimum atomic E-state index is 0.0330. The van der Waals surface area contributed by atoms with Crippen molar-refractivity contribution >= 4 is 5.97 Å². The van der Waals surface area contributed by atoms with Crippen molar-refractivity contribution in [2.24, 2.45) is 5.41 Å². The van der Waals surface area contributed by atoms with Crippen molar-refractivity contribution in [3.05, 3.63) is 0 Å². The van der Waals surface area contributed by atoms with Crippen molar-refractivity contribution in [3.63, 3.8) is 0 Å². The van der Waals surface area contributed by atoms with Gasteiger partial charge in [-0.05, 0) is 19.3 Å². The second kappa shape index (κ2) is 22.7. The van der Waals surface area contributed by atoms with Gasteiger partial charge in [0.15, 0.2) is 0 Å². The first-order valence-electron chi connectivity index (χ1n) is 14.2. The maximum atomic E-state index is 12.3. The molecule has 31 heavy (non-hydrogen) atoms. The summed E-state index contributed by atoms with van der Waals surface area (Å²) in [4.78, 5) is 12.3. The Bertz CT molecular complexity index is 379. The molecule has 0 N–H and O–H groups in total. The van der Waals surface area contributed by atoms with Crippen molar-refractivity contribution < 1.29 is 9.53 Å². The van der Waals surface area contributed by atoms with Crippen LogP contribution in [0.5, 0.6) is 0 Å². The van der Waals surface area contributed by atoms with E-state index in [1.165, 1.54) is 128 Å². The summed E-state index contributed by atoms with van der Waals surface area (Å²) >= 11 is 0. The third-order valence-corrected chi connectivity index (χ3v) is 6.83. The highest BCUT2D eigenvalue weighted by Gasteiger charge is 2.25. The van der Waals surface area contributed by atoms with Gasteiger partial charge in [-0.2, -0.15) is 0 Å². The molecular weight excluding hydrogens is 380 g/mol. The fourth-order valence-corrected chi connectivity index (χ4v) is 4.49. The van der Waals surface area contributed by atoms with Gasteiger partial charge in [0.05, 0.1) is 6.61 Å². The van der Waals surface area contributed by atoms with Crippen LogP contribution in [0.15, 0.2) is 0 Å². The maximum absolute atomic E-state index is 12.3. The van der Waals surface area contributed by atoms with Crippen LogP contribution in [0.3, 0.4) is 0 Å². The first kappa shape index (κ1) is 30.5. The molecule has 1 atom stereocenters. The predicted octanol–water partition coefficient (Wildman–Crippen LogP) is 10.2. The summed E-state index contributed by atoms with van der Waals surface area (Å²) in [7, 11) is 0. The lowest BCUT2D eigenvalue weighted by atomic mass is 9.80. The summed E-state index contributed by atoms with van der Waals surface area (Å²) in [6, 6.07) is 0. The van der Waals surface area contributed by atoms with Crippen LogP contribution in [0.1, 0.15) is 169 Å². The smallest absolute Gasteiger partial charge is 0.305 e. The van der Waals surface area contributed by atoms with Crippen molar-refractivity contribution in [2.75, 3.05) is 6.61 Å². The van der Waals surface area contributed by atoms with Crippen LogP contribution in [0, 0.1) is 5.41 Å². The lowest BCUT2D eigenvalue weighted by Crippen LogP contribution is -2.25. The number of carbonyl (C=O) groups is 1. The van der Waals surface area contributed by atoms with Crippen LogP contribution >= 0.6 is 0 Å². The third-order valence-electron chi connectivity index (χ3n) is 6.83. The summed E-state index contributed by atoms with van der Waals surface area (Å²) in [5.41, 5.74) is 0.173. The second-order valence-electron chi connectivity index (χ2n) is 10.4. The van der Waals surface area contributed by atoms with Gasteiger partial charge in [-0.3, -0.25) is 4.79 Å². The van der Waals surface area contributed by atoms with Gasteiger partial charge >= 0.3 is 5.97 Å². The molecule has 0 aliphatic heterocycles. The number of rotatable bonds is 24. The van der Waals surface area contributed by atoms with Crippen LogP contribution in [0.25, 0.3) is 0 Å². The monoisotopic (exact) mass is 438 g/mol. The van der Waals surface area contributed by atoms with E-state index in [4.69, 9.17) is 4.74 Å². The summed E-state index contributed by atoms with van der Waals surface area (Å²) < 4.78 is 5.79. The van der Waals surface area contributed by atoms with Crippen molar-refractivity contribution in [3.8, 4) is 0 Å². The molecular formula is C29H58O2. The SMILES string of the molecule is CCCCCCCCCCCC(=O)OCC(C)(CCCCCC)CCCCCCCC. The fourth-order valence-electron chi connectivity index (χ4n) is 4.49. The van der Waals surface area contributed by atoms with Crippen molar-refractivity contribution in [1.29, 1.82) is 0 Å². The van der Waals surface area contributed by atoms with Crippen molar-refractivity contribution in [2.45, 2.75) is 169 Å². The molecule has 0 saturated heterocycles. The minimum absolute atomic E-state index is 0.0330. The number of unbranched alkanes of at least 4 members (excludes halogenated alkanes) is 16. The molecule has 2 heteroatoms. The van der Waals surface area contributed by atoms with Gasteiger partial charge in [0.1, 0.15) is 0 Å². The average Bonchev–Trinajstić information content (AvgIpc) is 2.77. The largest absolute Gasteiger partial charge is 0.465 e. The molecule has 0 heterocycles. The van der Waals surface area contributed by atoms with Gasteiger partial charge in [-0.1, -0.05) is 143 Å². The number of carbonyl (C=O) groups excluding carboxylic acids is 1. The molecule has 0 amide bonds. The molecule has 1 unspecified atom stereocenters. The number of ether oxygens (including phenoxy) is 1. The van der Waals surface area contributed by atoms with Gasteiger partial charge < -0.3 is 4.74 Å². The summed E-state index contributed by atoms with van der Waals surface area (Å²) in [6.45, 7) is 9.80. The zero-order valence-electron chi connectivity index (χ0n) is 22.1. The number of hydrogen-bond donors (Lipinski definition) is 0. The Morgan fingerprint density at radius 2 is 0.903 bits per heavy atom. The van der Waals surface area contributed by atoms with E-state index in [-0.39, 0.29) is 11.4 Å². The van der Waals surface area contributed by atoms with Crippen LogP contribution in [0.4, 0.5) is 0 Å². The van der Waals surface area contributed by atoms with Crippen LogP contribution in [-0.2, 0) is 9.53 Å². The molecule has 0 saturated carbocycles. The summed E-state index contributed by atoms with van der Waals surface area (Å²) in [5, 5.41) is 0. The molecule has 0 aromatic rings. The van der Waals surface area contributed by atoms with E-state index in [0.717, 1.165) is 6.42 Å². The molecule has 0 radical (unpaired) electrons. The molecule has 0 aliphatic carbocycles. The Morgan fingerprint density at radius 1 is 0.548 bits per heavy atom. The Kier molecular flexibility index (Phi) is 22.3. The zero-order chi connectivity index (χ0) is 23.0. The third kappa shape index (κ3) is 21.1. The molecule has 0 aromatic heterocycles. The fraction of sp³-hybridized carbons (Fsp3) is 0.966. The Balaban J connectivity index is 4.03. The predicted molar refractivity (Wildman–Crippen MR) is 138 cm³/mol. The Morgan fingerprint density at radius 3 is 1.35 bits per heavy atom. The molecule has 2 nitrogen and oxygen atoms in total. The summed E-state index contributed by atoms with van der Waals surface area (Å²) in [5.74, 6) is 0.0330. The van der Waals surface area contributed by atoms with E-state index in [1.807, 2.05) is 0 Å². The number of esters is 1. The standard InChI is InChI=1S/C29H58O2/c1-5-8-11-14-16-17-18-19-21-24-28(30)31-27-29(4,25-22-13-10-7-3)26-23-20-15-12-9-6-2/h5-27H2,1-4H3. The average molecular weight is 439 g/mol. The van der Waals surface area contributed by atoms with E-state index in [1.54, 1.807) is 0 Å². The Hall–Kier alpha value is -0.530. The van der Waals surface area contributed by atoms with Gasteiger partial charge in [0.2, 0.25) is 0 Å². The van der Waals surface area contributed by atoms with Crippen LogP contribution in [0.2, 0.25) is 0 Å². The Labute approximate surface area is 196 Å². The van der Waals surface area contributed by atoms with E-state index in [2.05, 4.69) is 27.7 Å². The molecule has 186 valence electrons. The van der Waals surface area contributed by atoms with Gasteiger partial charge in [0.25, 0.3) is 0 Å². The highest BCUT2D eigenvalue weighted by Crippen LogP contribution is 2.32. The summed E-state index contributed by atoms with van der Waals surface area (Å²) in [6.07, 6.45) is 27.8. The first-order chi connectivity index (χ1) is 15.1. The number of hydrogen-bond acceptors (Lipinski definition) is 2. The normalized spacial score (nSPS) is 13.3.